The number of rotatable bonds is 7. The van der Waals surface area contributed by atoms with E-state index in [0.717, 1.165) is 53.0 Å². The molecule has 2 aliphatic rings. The topological polar surface area (TPSA) is 81.8 Å². The summed E-state index contributed by atoms with van der Waals surface area (Å²) in [5, 5.41) is 9.08. The van der Waals surface area contributed by atoms with Crippen molar-refractivity contribution in [2.45, 2.75) is 25.4 Å². The first kappa shape index (κ1) is 23.3. The van der Waals surface area contributed by atoms with Gasteiger partial charge in [-0.2, -0.15) is 0 Å². The molecule has 0 spiro atoms. The smallest absolute Gasteiger partial charge is 0.341 e. The van der Waals surface area contributed by atoms with Crippen LogP contribution in [-0.2, 0) is 16.0 Å². The maximum Gasteiger partial charge on any atom is 0.341 e. The highest BCUT2D eigenvalue weighted by Crippen LogP contribution is 2.48. The Kier molecular flexibility index (Phi) is 6.33. The molecule has 2 atom stereocenters. The van der Waals surface area contributed by atoms with Gasteiger partial charge in [-0.15, -0.1) is 0 Å². The van der Waals surface area contributed by atoms with Gasteiger partial charge in [-0.1, -0.05) is 78.9 Å². The molecule has 3 aromatic carbocycles. The molecule has 1 aliphatic carbocycles. The number of fused-ring (bicyclic) bond motifs is 1. The van der Waals surface area contributed by atoms with Crippen LogP contribution < -0.4 is 4.74 Å². The molecule has 0 saturated carbocycles. The highest BCUT2D eigenvalue weighted by molar-refractivity contribution is 5.78. The van der Waals surface area contributed by atoms with Crippen molar-refractivity contribution in [2.75, 3.05) is 13.2 Å². The van der Waals surface area contributed by atoms with Crippen molar-refractivity contribution < 1.29 is 23.8 Å². The second kappa shape index (κ2) is 10.1. The fourth-order valence-corrected chi connectivity index (χ4v) is 5.39. The molecule has 1 fully saturated rings. The fourth-order valence-electron chi connectivity index (χ4n) is 5.39. The molecule has 1 aromatic heterocycles. The Bertz CT molecular complexity index is 1380. The van der Waals surface area contributed by atoms with Crippen LogP contribution in [0, 0.1) is 5.92 Å². The molecular weight excluding hydrogens is 466 g/mol. The molecule has 6 nitrogen and oxygen atoms in total. The van der Waals surface area contributed by atoms with Gasteiger partial charge in [0.15, 0.2) is 12.4 Å². The Morgan fingerprint density at radius 1 is 0.973 bits per heavy atom. The van der Waals surface area contributed by atoms with Crippen molar-refractivity contribution >= 4 is 11.5 Å². The number of aliphatic carboxylic acids is 1. The molecule has 1 aliphatic heterocycles. The van der Waals surface area contributed by atoms with Gasteiger partial charge in [0.1, 0.15) is 17.5 Å². The van der Waals surface area contributed by atoms with Crippen LogP contribution in [0.5, 0.6) is 5.75 Å². The number of hydrogen-bond acceptors (Lipinski definition) is 5. The largest absolute Gasteiger partial charge is 0.482 e. The van der Waals surface area contributed by atoms with Crippen molar-refractivity contribution in [3.8, 4) is 28.3 Å². The first-order valence-electron chi connectivity index (χ1n) is 12.6. The number of hydrogen-bond donors (Lipinski definition) is 1. The summed E-state index contributed by atoms with van der Waals surface area (Å²) in [4.78, 5) is 16.1. The minimum atomic E-state index is -0.985. The second-order valence-electron chi connectivity index (χ2n) is 9.31. The number of benzene rings is 3. The number of carboxylic acids is 1. The molecule has 4 aromatic rings. The van der Waals surface area contributed by atoms with E-state index in [-0.39, 0.29) is 18.6 Å². The van der Waals surface area contributed by atoms with Crippen LogP contribution in [0.1, 0.15) is 36.0 Å². The van der Waals surface area contributed by atoms with Gasteiger partial charge in [-0.3, -0.25) is 0 Å². The summed E-state index contributed by atoms with van der Waals surface area (Å²) < 4.78 is 18.4. The van der Waals surface area contributed by atoms with E-state index in [0.29, 0.717) is 18.2 Å². The third-order valence-electron chi connectivity index (χ3n) is 7.02. The number of oxazole rings is 1. The summed E-state index contributed by atoms with van der Waals surface area (Å²) in [6.07, 6.45) is 4.46. The maximum atomic E-state index is 11.1. The molecule has 186 valence electrons. The van der Waals surface area contributed by atoms with Gasteiger partial charge in [-0.25, -0.2) is 9.78 Å². The average Bonchev–Trinajstić information content (AvgIpc) is 3.60. The Labute approximate surface area is 215 Å². The van der Waals surface area contributed by atoms with E-state index in [1.165, 1.54) is 5.57 Å². The lowest BCUT2D eigenvalue weighted by atomic mass is 9.80. The molecular formula is C31H27NO5. The molecule has 1 N–H and O–H groups in total. The van der Waals surface area contributed by atoms with Crippen LogP contribution in [0.15, 0.2) is 89.4 Å². The molecule has 0 amide bonds. The Morgan fingerprint density at radius 2 is 1.73 bits per heavy atom. The number of aromatic nitrogens is 1. The number of nitrogens with zero attached hydrogens (tertiary/aromatic N) is 1. The monoisotopic (exact) mass is 493 g/mol. The Balaban J connectivity index is 1.38. The van der Waals surface area contributed by atoms with E-state index in [4.69, 9.17) is 24.0 Å². The quantitative estimate of drug-likeness (QED) is 0.313. The summed E-state index contributed by atoms with van der Waals surface area (Å²) in [7, 11) is 0. The van der Waals surface area contributed by atoms with E-state index in [1.54, 1.807) is 0 Å². The summed E-state index contributed by atoms with van der Waals surface area (Å²) in [5.41, 5.74) is 6.09. The van der Waals surface area contributed by atoms with Gasteiger partial charge in [0, 0.05) is 29.2 Å². The van der Waals surface area contributed by atoms with Crippen molar-refractivity contribution in [1.82, 2.24) is 4.98 Å². The molecule has 37 heavy (non-hydrogen) atoms. The van der Waals surface area contributed by atoms with Crippen molar-refractivity contribution in [3.05, 3.63) is 102 Å². The van der Waals surface area contributed by atoms with Gasteiger partial charge in [0.05, 0.1) is 0 Å². The SMILES string of the molecule is O=C(O)COc1cccc2c1CCC=C2C1CCOC1c1nc(-c2ccccc2)c(-c2ccccc2)o1. The standard InChI is InChI=1S/C31H27NO5/c33-27(34)19-36-26-16-8-14-22-23(13-7-15-24(22)26)25-17-18-35-30(25)31-32-28(20-9-3-1-4-10-20)29(37-31)21-11-5-2-6-12-21/h1-6,8-14,16,25,30H,7,15,17-19H2,(H,33,34). The molecule has 2 unspecified atom stereocenters. The zero-order valence-electron chi connectivity index (χ0n) is 20.3. The molecule has 1 saturated heterocycles. The van der Waals surface area contributed by atoms with Crippen LogP contribution in [0.25, 0.3) is 28.2 Å². The minimum absolute atomic E-state index is 0.0691. The number of allylic oxidation sites excluding steroid dienone is 1. The summed E-state index contributed by atoms with van der Waals surface area (Å²) in [6, 6.07) is 26.0. The van der Waals surface area contributed by atoms with E-state index in [9.17, 15) is 4.79 Å². The molecule has 6 heteroatoms. The van der Waals surface area contributed by atoms with E-state index < -0.39 is 5.97 Å². The van der Waals surface area contributed by atoms with E-state index in [2.05, 4.69) is 12.1 Å². The van der Waals surface area contributed by atoms with Gasteiger partial charge >= 0.3 is 5.97 Å². The van der Waals surface area contributed by atoms with Gasteiger partial charge < -0.3 is 19.0 Å². The van der Waals surface area contributed by atoms with Crippen molar-refractivity contribution in [1.29, 1.82) is 0 Å². The number of carbonyl (C=O) groups is 1. The van der Waals surface area contributed by atoms with Crippen LogP contribution in [0.3, 0.4) is 0 Å². The van der Waals surface area contributed by atoms with Gasteiger partial charge in [-0.05, 0) is 36.5 Å². The third-order valence-corrected chi connectivity index (χ3v) is 7.02. The third kappa shape index (κ3) is 4.56. The van der Waals surface area contributed by atoms with Crippen LogP contribution in [0.2, 0.25) is 0 Å². The minimum Gasteiger partial charge on any atom is -0.482 e. The molecule has 6 rings (SSSR count). The highest BCUT2D eigenvalue weighted by atomic mass is 16.5. The fraction of sp³-hybridized carbons (Fsp3) is 0.226. The van der Waals surface area contributed by atoms with Crippen LogP contribution in [0.4, 0.5) is 0 Å². The lowest BCUT2D eigenvalue weighted by Gasteiger charge is -2.26. The van der Waals surface area contributed by atoms with E-state index >= 15 is 0 Å². The average molecular weight is 494 g/mol. The van der Waals surface area contributed by atoms with Gasteiger partial charge in [0.2, 0.25) is 5.89 Å². The van der Waals surface area contributed by atoms with Crippen LogP contribution in [-0.4, -0.2) is 29.3 Å². The van der Waals surface area contributed by atoms with E-state index in [1.807, 2.05) is 72.8 Å². The number of ether oxygens (including phenoxy) is 2. The second-order valence-corrected chi connectivity index (χ2v) is 9.31. The molecule has 0 bridgehead atoms. The molecule has 2 heterocycles. The normalized spacial score (nSPS) is 18.8. The summed E-state index contributed by atoms with van der Waals surface area (Å²) >= 11 is 0. The van der Waals surface area contributed by atoms with Crippen molar-refractivity contribution in [3.63, 3.8) is 0 Å². The van der Waals surface area contributed by atoms with Crippen molar-refractivity contribution in [2.24, 2.45) is 5.92 Å². The predicted molar refractivity (Wildman–Crippen MR) is 140 cm³/mol. The first-order valence-corrected chi connectivity index (χ1v) is 12.6. The zero-order valence-corrected chi connectivity index (χ0v) is 20.3. The lowest BCUT2D eigenvalue weighted by molar-refractivity contribution is -0.139. The van der Waals surface area contributed by atoms with Gasteiger partial charge in [0.25, 0.3) is 0 Å². The Morgan fingerprint density at radius 3 is 2.49 bits per heavy atom. The highest BCUT2D eigenvalue weighted by Gasteiger charge is 2.38. The first-order chi connectivity index (χ1) is 18.2. The maximum absolute atomic E-state index is 11.1. The zero-order chi connectivity index (χ0) is 25.2. The Hall–Kier alpha value is -4.16. The summed E-state index contributed by atoms with van der Waals surface area (Å²) in [6.45, 7) is 0.256. The lowest BCUT2D eigenvalue weighted by Crippen LogP contribution is -2.15. The number of carboxylic acid groups (broad SMARTS) is 1. The summed E-state index contributed by atoms with van der Waals surface area (Å²) in [5.74, 6) is 1.03. The molecule has 0 radical (unpaired) electrons. The van der Waals surface area contributed by atoms with Crippen LogP contribution >= 0.6 is 0 Å². The predicted octanol–water partition coefficient (Wildman–Crippen LogP) is 6.58.